The molecule has 7 heteroatoms. The second-order valence-electron chi connectivity index (χ2n) is 8.88. The van der Waals surface area contributed by atoms with E-state index >= 15 is 0 Å². The number of sulfonamides is 1. The fourth-order valence-electron chi connectivity index (χ4n) is 5.07. The molecular weight excluding hydrogens is 426 g/mol. The van der Waals surface area contributed by atoms with Gasteiger partial charge in [-0.3, -0.25) is 4.90 Å². The van der Waals surface area contributed by atoms with Gasteiger partial charge < -0.3 is 4.98 Å². The van der Waals surface area contributed by atoms with Gasteiger partial charge in [-0.05, 0) is 91.9 Å². The molecule has 2 saturated heterocycles. The fraction of sp³-hybridized carbons (Fsp3) is 0.500. The number of hydrogen-bond acceptors (Lipinski definition) is 4. The molecule has 2 fully saturated rings. The molecule has 3 aromatic rings. The van der Waals surface area contributed by atoms with Crippen molar-refractivity contribution in [3.8, 4) is 10.4 Å². The summed E-state index contributed by atoms with van der Waals surface area (Å²) < 4.78 is 26.0. The van der Waals surface area contributed by atoms with Gasteiger partial charge >= 0.3 is 0 Å². The average molecular weight is 458 g/mol. The van der Waals surface area contributed by atoms with Crippen LogP contribution in [0.4, 0.5) is 0 Å². The molecule has 0 atom stereocenters. The van der Waals surface area contributed by atoms with Gasteiger partial charge in [0.05, 0.1) is 5.75 Å². The Hall–Kier alpha value is -1.67. The Kier molecular flexibility index (Phi) is 5.94. The summed E-state index contributed by atoms with van der Waals surface area (Å²) in [5, 5.41) is 3.59. The summed E-state index contributed by atoms with van der Waals surface area (Å²) in [6, 6.07) is 9.07. The number of nitrogens with zero attached hydrogens (tertiary/aromatic N) is 2. The van der Waals surface area contributed by atoms with Crippen LogP contribution >= 0.6 is 11.3 Å². The Bertz CT molecular complexity index is 1150. The number of nitrogens with one attached hydrogen (secondary N) is 1. The number of H-pyrrole nitrogens is 1. The third-order valence-electron chi connectivity index (χ3n) is 6.91. The van der Waals surface area contributed by atoms with Gasteiger partial charge in [-0.2, -0.15) is 0 Å². The molecule has 0 saturated carbocycles. The van der Waals surface area contributed by atoms with Crippen LogP contribution in [0.1, 0.15) is 49.7 Å². The number of rotatable bonds is 6. The smallest absolute Gasteiger partial charge is 0.213 e. The van der Waals surface area contributed by atoms with Crippen molar-refractivity contribution in [1.82, 2.24) is 14.2 Å². The molecule has 0 amide bonds. The fourth-order valence-corrected chi connectivity index (χ4v) is 7.11. The van der Waals surface area contributed by atoms with E-state index in [-0.39, 0.29) is 5.75 Å². The summed E-state index contributed by atoms with van der Waals surface area (Å²) in [6.07, 6.45) is 6.56. The zero-order valence-electron chi connectivity index (χ0n) is 18.1. The topological polar surface area (TPSA) is 56.4 Å². The predicted molar refractivity (Wildman–Crippen MR) is 129 cm³/mol. The summed E-state index contributed by atoms with van der Waals surface area (Å²) in [7, 11) is -3.08. The van der Waals surface area contributed by atoms with Crippen molar-refractivity contribution in [2.24, 2.45) is 0 Å². The molecule has 1 aromatic carbocycles. The molecule has 0 spiro atoms. The van der Waals surface area contributed by atoms with E-state index in [1.807, 2.05) is 11.3 Å². The molecule has 0 radical (unpaired) electrons. The Morgan fingerprint density at radius 1 is 1.10 bits per heavy atom. The lowest BCUT2D eigenvalue weighted by molar-refractivity contribution is 0.321. The molecule has 4 heterocycles. The van der Waals surface area contributed by atoms with Crippen molar-refractivity contribution in [2.75, 3.05) is 31.9 Å². The number of likely N-dealkylation sites (tertiary alicyclic amines) is 1. The van der Waals surface area contributed by atoms with Gasteiger partial charge in [0.25, 0.3) is 0 Å². The highest BCUT2D eigenvalue weighted by Gasteiger charge is 2.28. The van der Waals surface area contributed by atoms with Crippen molar-refractivity contribution >= 4 is 32.3 Å². The Morgan fingerprint density at radius 2 is 1.87 bits per heavy atom. The molecule has 2 aliphatic rings. The SMILES string of the molecule is CCS(=O)(=O)N1CCC(c2c[nH]c3ccc(-c4cc(CN5CCCC5)cs4)cc23)CC1. The first-order chi connectivity index (χ1) is 15.0. The lowest BCUT2D eigenvalue weighted by Gasteiger charge is -2.30. The highest BCUT2D eigenvalue weighted by atomic mass is 32.2. The maximum absolute atomic E-state index is 12.2. The van der Waals surface area contributed by atoms with Crippen LogP contribution in [0.2, 0.25) is 0 Å². The van der Waals surface area contributed by atoms with Gasteiger partial charge in [0.2, 0.25) is 10.0 Å². The van der Waals surface area contributed by atoms with Crippen LogP contribution in [0.3, 0.4) is 0 Å². The van der Waals surface area contributed by atoms with Crippen LogP contribution in [-0.2, 0) is 16.6 Å². The van der Waals surface area contributed by atoms with Crippen LogP contribution < -0.4 is 0 Å². The zero-order valence-corrected chi connectivity index (χ0v) is 19.8. The third-order valence-corrected chi connectivity index (χ3v) is 9.82. The van der Waals surface area contributed by atoms with Crippen LogP contribution in [0.25, 0.3) is 21.3 Å². The van der Waals surface area contributed by atoms with Crippen molar-refractivity contribution in [3.63, 3.8) is 0 Å². The number of aromatic amines is 1. The summed E-state index contributed by atoms with van der Waals surface area (Å²) in [6.45, 7) is 6.48. The minimum absolute atomic E-state index is 0.189. The largest absolute Gasteiger partial charge is 0.361 e. The van der Waals surface area contributed by atoms with E-state index in [0.29, 0.717) is 19.0 Å². The molecule has 31 heavy (non-hydrogen) atoms. The normalized spacial score (nSPS) is 19.5. The standard InChI is InChI=1S/C24H31N3O2S2/c1-2-31(28,29)27-11-7-19(8-12-27)22-15-25-23-6-5-20(14-21(22)23)24-13-18(17-30-24)16-26-9-3-4-10-26/h5-6,13-15,17,19,25H,2-4,7-12,16H2,1H3. The maximum atomic E-state index is 12.2. The number of thiophene rings is 1. The first kappa shape index (κ1) is 21.2. The Labute approximate surface area is 189 Å². The van der Waals surface area contributed by atoms with Crippen LogP contribution in [0.5, 0.6) is 0 Å². The third kappa shape index (κ3) is 4.33. The van der Waals surface area contributed by atoms with Gasteiger partial charge in [0.1, 0.15) is 0 Å². The molecule has 2 aliphatic heterocycles. The van der Waals surface area contributed by atoms with Gasteiger partial charge in [-0.25, -0.2) is 12.7 Å². The van der Waals surface area contributed by atoms with Crippen LogP contribution in [-0.4, -0.2) is 54.5 Å². The van der Waals surface area contributed by atoms with Gasteiger partial charge in [0, 0.05) is 41.6 Å². The van der Waals surface area contributed by atoms with E-state index in [0.717, 1.165) is 24.9 Å². The minimum atomic E-state index is -3.08. The van der Waals surface area contributed by atoms with E-state index in [9.17, 15) is 8.42 Å². The molecular formula is C24H31N3O2S2. The van der Waals surface area contributed by atoms with Crippen LogP contribution in [0, 0.1) is 0 Å². The molecule has 5 rings (SSSR count). The van der Waals surface area contributed by atoms with E-state index in [2.05, 4.69) is 45.7 Å². The minimum Gasteiger partial charge on any atom is -0.361 e. The summed E-state index contributed by atoms with van der Waals surface area (Å²) in [5.41, 5.74) is 5.19. The first-order valence-corrected chi connectivity index (χ1v) is 13.9. The predicted octanol–water partition coefficient (Wildman–Crippen LogP) is 5.02. The average Bonchev–Trinajstić information content (AvgIpc) is 3.55. The van der Waals surface area contributed by atoms with E-state index in [1.54, 1.807) is 11.2 Å². The summed E-state index contributed by atoms with van der Waals surface area (Å²) >= 11 is 1.83. The molecule has 5 nitrogen and oxygen atoms in total. The first-order valence-electron chi connectivity index (χ1n) is 11.4. The summed E-state index contributed by atoms with van der Waals surface area (Å²) in [5.74, 6) is 0.593. The zero-order chi connectivity index (χ0) is 21.4. The van der Waals surface area contributed by atoms with Crippen LogP contribution in [0.15, 0.2) is 35.8 Å². The van der Waals surface area contributed by atoms with Crippen molar-refractivity contribution in [1.29, 1.82) is 0 Å². The molecule has 0 aliphatic carbocycles. The van der Waals surface area contributed by atoms with E-state index < -0.39 is 10.0 Å². The quantitative estimate of drug-likeness (QED) is 0.565. The number of fused-ring (bicyclic) bond motifs is 1. The van der Waals surface area contributed by atoms with Gasteiger partial charge in [-0.15, -0.1) is 11.3 Å². The molecule has 1 N–H and O–H groups in total. The van der Waals surface area contributed by atoms with E-state index in [1.165, 1.54) is 52.9 Å². The molecule has 2 aromatic heterocycles. The molecule has 166 valence electrons. The summed E-state index contributed by atoms with van der Waals surface area (Å²) in [4.78, 5) is 7.31. The lowest BCUT2D eigenvalue weighted by Crippen LogP contribution is -2.38. The molecule has 0 bridgehead atoms. The number of benzene rings is 1. The maximum Gasteiger partial charge on any atom is 0.213 e. The van der Waals surface area contributed by atoms with Crippen molar-refractivity contribution in [2.45, 2.75) is 45.1 Å². The number of piperidine rings is 1. The van der Waals surface area contributed by atoms with Crippen molar-refractivity contribution in [3.05, 3.63) is 47.0 Å². The highest BCUT2D eigenvalue weighted by molar-refractivity contribution is 7.89. The Balaban J connectivity index is 1.35. The molecule has 0 unspecified atom stereocenters. The van der Waals surface area contributed by atoms with Crippen molar-refractivity contribution < 1.29 is 8.42 Å². The second-order valence-corrected chi connectivity index (χ2v) is 12.0. The number of aromatic nitrogens is 1. The van der Waals surface area contributed by atoms with Gasteiger partial charge in [-0.1, -0.05) is 6.07 Å². The number of hydrogen-bond donors (Lipinski definition) is 1. The Morgan fingerprint density at radius 3 is 2.61 bits per heavy atom. The second kappa shape index (κ2) is 8.70. The van der Waals surface area contributed by atoms with Gasteiger partial charge in [0.15, 0.2) is 0 Å². The highest BCUT2D eigenvalue weighted by Crippen LogP contribution is 2.37. The monoisotopic (exact) mass is 457 g/mol. The van der Waals surface area contributed by atoms with E-state index in [4.69, 9.17) is 0 Å². The lowest BCUT2D eigenvalue weighted by atomic mass is 9.89.